The number of rotatable bonds is 27. The molecule has 2 rings (SSSR count). The standard InChI is InChI=1S/C38H48IN11O13/c39-22-8-6-21(7-9-22)13-23(46-30(54)17-40)35(60)45-18-31(55)44-19-32(56)47-25(14-28(41)52)36(61)50-27(16-33(57)58)38(63)49-26(15-29(42)53)37(62)48-24(34(59)43-10-11-51)12-20-4-2-1-3-5-20/h1-9,11,23-27H,10,12-19,40H2,(H2,41,52)(H2,42,53)(H,43,59)(H,44,55)(H,45,60)(H,46,54)(H,47,56)(H,48,62)(H,49,63)(H,50,61)(H,57,58)/t23-,24-,25-,26-,27-/m0/s1. The number of halogens is 1. The van der Waals surface area contributed by atoms with Gasteiger partial charge in [0, 0.05) is 16.4 Å². The van der Waals surface area contributed by atoms with Crippen LogP contribution < -0.4 is 59.7 Å². The number of carboxylic acids is 1. The second-order valence-electron chi connectivity index (χ2n) is 13.5. The maximum atomic E-state index is 13.4. The van der Waals surface area contributed by atoms with Crippen LogP contribution in [0.1, 0.15) is 30.4 Å². The van der Waals surface area contributed by atoms with Gasteiger partial charge < -0.3 is 69.6 Å². The molecule has 0 aromatic heterocycles. The maximum absolute atomic E-state index is 13.4. The van der Waals surface area contributed by atoms with Crippen LogP contribution in [0.25, 0.3) is 0 Å². The van der Waals surface area contributed by atoms with E-state index in [9.17, 15) is 62.6 Å². The molecule has 0 spiro atoms. The third-order valence-electron chi connectivity index (χ3n) is 8.44. The Balaban J connectivity index is 2.12. The quantitative estimate of drug-likeness (QED) is 0.0293. The molecule has 15 N–H and O–H groups in total. The molecule has 0 fully saturated rings. The Bertz CT molecular complexity index is 2000. The van der Waals surface area contributed by atoms with Crippen LogP contribution in [0.15, 0.2) is 54.6 Å². The van der Waals surface area contributed by atoms with Crippen LogP contribution in [-0.2, 0) is 70.4 Å². The number of aliphatic carboxylic acids is 1. The lowest BCUT2D eigenvalue weighted by Crippen LogP contribution is -2.60. The van der Waals surface area contributed by atoms with Crippen molar-refractivity contribution in [2.24, 2.45) is 17.2 Å². The maximum Gasteiger partial charge on any atom is 0.305 e. The van der Waals surface area contributed by atoms with E-state index in [-0.39, 0.29) is 12.8 Å². The first-order chi connectivity index (χ1) is 29.8. The predicted molar refractivity (Wildman–Crippen MR) is 227 cm³/mol. The van der Waals surface area contributed by atoms with Gasteiger partial charge in [-0.2, -0.15) is 0 Å². The number of aldehydes is 1. The molecule has 0 radical (unpaired) electrons. The number of amides is 10. The molecule has 24 nitrogen and oxygen atoms in total. The highest BCUT2D eigenvalue weighted by molar-refractivity contribution is 14.1. The van der Waals surface area contributed by atoms with Gasteiger partial charge in [0.2, 0.25) is 59.1 Å². The Kier molecular flexibility index (Phi) is 22.4. The molecular weight excluding hydrogens is 945 g/mol. The third kappa shape index (κ3) is 20.4. The van der Waals surface area contributed by atoms with Crippen LogP contribution in [0.4, 0.5) is 0 Å². The van der Waals surface area contributed by atoms with Crippen molar-refractivity contribution >= 4 is 93.9 Å². The van der Waals surface area contributed by atoms with E-state index in [2.05, 4.69) is 59.8 Å². The van der Waals surface area contributed by atoms with Gasteiger partial charge in [-0.05, 0) is 45.9 Å². The number of carboxylic acid groups (broad SMARTS) is 1. The lowest BCUT2D eigenvalue weighted by atomic mass is 10.0. The van der Waals surface area contributed by atoms with E-state index < -0.39 is 141 Å². The number of primary amides is 2. The van der Waals surface area contributed by atoms with E-state index in [0.717, 1.165) is 3.57 Å². The monoisotopic (exact) mass is 993 g/mol. The van der Waals surface area contributed by atoms with Gasteiger partial charge in [-0.1, -0.05) is 42.5 Å². The Morgan fingerprint density at radius 2 is 0.984 bits per heavy atom. The molecule has 0 aliphatic heterocycles. The van der Waals surface area contributed by atoms with Gasteiger partial charge in [-0.3, -0.25) is 52.7 Å². The molecule has 10 amide bonds. The second kappa shape index (κ2) is 27.0. The number of hydrogen-bond donors (Lipinski definition) is 12. The summed E-state index contributed by atoms with van der Waals surface area (Å²) >= 11 is 2.09. The molecule has 5 atom stereocenters. The number of nitrogens with one attached hydrogen (secondary N) is 8. The van der Waals surface area contributed by atoms with Gasteiger partial charge in [-0.25, -0.2) is 0 Å². The van der Waals surface area contributed by atoms with Gasteiger partial charge in [-0.15, -0.1) is 0 Å². The summed E-state index contributed by atoms with van der Waals surface area (Å²) in [6, 6.07) is 7.19. The minimum atomic E-state index is -2.02. The van der Waals surface area contributed by atoms with Crippen molar-refractivity contribution in [3.05, 3.63) is 69.3 Å². The summed E-state index contributed by atoms with van der Waals surface area (Å²) in [7, 11) is 0. The van der Waals surface area contributed by atoms with Crippen LogP contribution in [0.2, 0.25) is 0 Å². The van der Waals surface area contributed by atoms with Crippen molar-refractivity contribution in [1.29, 1.82) is 0 Å². The van der Waals surface area contributed by atoms with Gasteiger partial charge in [0.1, 0.15) is 36.5 Å². The van der Waals surface area contributed by atoms with Crippen molar-refractivity contribution in [2.75, 3.05) is 26.2 Å². The normalized spacial score (nSPS) is 12.9. The summed E-state index contributed by atoms with van der Waals surface area (Å²) in [5, 5.41) is 27.4. The number of carbonyl (C=O) groups excluding carboxylic acids is 11. The molecule has 0 heterocycles. The Morgan fingerprint density at radius 3 is 1.49 bits per heavy atom. The lowest BCUT2D eigenvalue weighted by molar-refractivity contribution is -0.142. The van der Waals surface area contributed by atoms with Crippen LogP contribution in [-0.4, -0.2) is 133 Å². The van der Waals surface area contributed by atoms with Crippen molar-refractivity contribution in [3.8, 4) is 0 Å². The van der Waals surface area contributed by atoms with Crippen LogP contribution in [0, 0.1) is 3.57 Å². The smallest absolute Gasteiger partial charge is 0.305 e. The molecule has 0 aliphatic rings. The molecule has 0 saturated carbocycles. The van der Waals surface area contributed by atoms with Gasteiger partial charge in [0.05, 0.1) is 45.4 Å². The van der Waals surface area contributed by atoms with Gasteiger partial charge >= 0.3 is 5.97 Å². The van der Waals surface area contributed by atoms with E-state index >= 15 is 0 Å². The van der Waals surface area contributed by atoms with Crippen molar-refractivity contribution in [2.45, 2.75) is 62.3 Å². The molecule has 0 aliphatic carbocycles. The van der Waals surface area contributed by atoms with Crippen LogP contribution in [0.5, 0.6) is 0 Å². The minimum absolute atomic E-state index is 0.0556. The minimum Gasteiger partial charge on any atom is -0.481 e. The fourth-order valence-corrected chi connectivity index (χ4v) is 5.80. The third-order valence-corrected chi connectivity index (χ3v) is 9.16. The first-order valence-electron chi connectivity index (χ1n) is 18.8. The van der Waals surface area contributed by atoms with Gasteiger partial charge in [0.15, 0.2) is 0 Å². The predicted octanol–water partition coefficient (Wildman–Crippen LogP) is -5.77. The van der Waals surface area contributed by atoms with Crippen molar-refractivity contribution in [1.82, 2.24) is 42.5 Å². The zero-order valence-corrected chi connectivity index (χ0v) is 35.6. The van der Waals surface area contributed by atoms with E-state index in [0.29, 0.717) is 17.4 Å². The second-order valence-corrected chi connectivity index (χ2v) is 14.7. The van der Waals surface area contributed by atoms with Gasteiger partial charge in [0.25, 0.3) is 0 Å². The zero-order chi connectivity index (χ0) is 47.1. The summed E-state index contributed by atoms with van der Waals surface area (Å²) < 4.78 is 0.929. The lowest BCUT2D eigenvalue weighted by Gasteiger charge is -2.25. The van der Waals surface area contributed by atoms with E-state index in [1.165, 1.54) is 0 Å². The molecule has 25 heteroatoms. The molecule has 2 aromatic rings. The fourth-order valence-electron chi connectivity index (χ4n) is 5.44. The SMILES string of the molecule is NCC(=O)N[C@@H](Cc1ccc(I)cc1)C(=O)NCC(=O)NCC(=O)N[C@@H](CC(N)=O)C(=O)N[C@@H](CC(=O)O)C(=O)N[C@@H](CC(N)=O)C(=O)N[C@@H](Cc1ccccc1)C(=O)NCC=O. The molecule has 63 heavy (non-hydrogen) atoms. The number of nitrogens with two attached hydrogens (primary N) is 3. The number of carbonyl (C=O) groups is 12. The Hall–Kier alpha value is -7.03. The average molecular weight is 994 g/mol. The summed E-state index contributed by atoms with van der Waals surface area (Å²) in [4.78, 5) is 150. The zero-order valence-electron chi connectivity index (χ0n) is 33.5. The summed E-state index contributed by atoms with van der Waals surface area (Å²) in [5.74, 6) is -11.9. The number of benzene rings is 2. The highest BCUT2D eigenvalue weighted by atomic mass is 127. The molecular formula is C38H48IN11O13. The summed E-state index contributed by atoms with van der Waals surface area (Å²) in [5.41, 5.74) is 17.2. The Morgan fingerprint density at radius 1 is 0.540 bits per heavy atom. The molecule has 0 bridgehead atoms. The fraction of sp³-hybridized carbons (Fsp3) is 0.368. The van der Waals surface area contributed by atoms with E-state index in [1.807, 2.05) is 5.32 Å². The van der Waals surface area contributed by atoms with Crippen molar-refractivity contribution < 1.29 is 62.6 Å². The summed E-state index contributed by atoms with van der Waals surface area (Å²) in [6.45, 7) is -2.30. The van der Waals surface area contributed by atoms with Crippen molar-refractivity contribution in [3.63, 3.8) is 0 Å². The topological polar surface area (TPSA) is 399 Å². The largest absolute Gasteiger partial charge is 0.481 e. The highest BCUT2D eigenvalue weighted by Gasteiger charge is 2.34. The Labute approximate surface area is 372 Å². The molecule has 340 valence electrons. The first-order valence-corrected chi connectivity index (χ1v) is 19.9. The molecule has 0 saturated heterocycles. The number of hydrogen-bond acceptors (Lipinski definition) is 13. The first kappa shape index (κ1) is 52.1. The molecule has 0 unspecified atom stereocenters. The highest BCUT2D eigenvalue weighted by Crippen LogP contribution is 2.10. The van der Waals surface area contributed by atoms with E-state index in [1.54, 1.807) is 54.6 Å². The van der Waals surface area contributed by atoms with E-state index in [4.69, 9.17) is 17.2 Å². The van der Waals surface area contributed by atoms with Crippen LogP contribution in [0.3, 0.4) is 0 Å². The summed E-state index contributed by atoms with van der Waals surface area (Å²) in [6.07, 6.45) is -2.54. The average Bonchev–Trinajstić information content (AvgIpc) is 3.23. The molecule has 2 aromatic carbocycles. The van der Waals surface area contributed by atoms with Crippen LogP contribution >= 0.6 is 22.6 Å².